The number of rotatable bonds is 6. The topological polar surface area (TPSA) is 71.5 Å². The maximum absolute atomic E-state index is 13.6. The Kier molecular flexibility index (Phi) is 6.77. The van der Waals surface area contributed by atoms with E-state index < -0.39 is 35.4 Å². The highest BCUT2D eigenvalue weighted by atomic mass is 19.4. The van der Waals surface area contributed by atoms with Crippen LogP contribution in [0.2, 0.25) is 0 Å². The minimum Gasteiger partial charge on any atom is -0.484 e. The second kappa shape index (κ2) is 9.32. The fourth-order valence-electron chi connectivity index (χ4n) is 3.44. The minimum atomic E-state index is -4.63. The quantitative estimate of drug-likeness (QED) is 0.698. The van der Waals surface area contributed by atoms with E-state index >= 15 is 0 Å². The van der Waals surface area contributed by atoms with Crippen molar-refractivity contribution in [2.24, 2.45) is 0 Å². The van der Waals surface area contributed by atoms with E-state index in [1.807, 2.05) is 0 Å². The van der Waals surface area contributed by atoms with Crippen LogP contribution in [0.4, 0.5) is 17.6 Å². The van der Waals surface area contributed by atoms with Crippen molar-refractivity contribution in [1.29, 1.82) is 0 Å². The summed E-state index contributed by atoms with van der Waals surface area (Å²) in [5.74, 6) is -0.979. The zero-order chi connectivity index (χ0) is 22.6. The van der Waals surface area contributed by atoms with Gasteiger partial charge in [0.05, 0.1) is 17.3 Å². The van der Waals surface area contributed by atoms with Crippen LogP contribution in [0.3, 0.4) is 0 Å². The molecule has 0 spiro atoms. The molecule has 2 aromatic rings. The number of likely N-dealkylation sites (tertiary alicyclic amines) is 1. The maximum atomic E-state index is 13.6. The van der Waals surface area contributed by atoms with Gasteiger partial charge in [0.25, 0.3) is 5.91 Å². The average Bonchev–Trinajstić information content (AvgIpc) is 3.21. The van der Waals surface area contributed by atoms with Gasteiger partial charge in [-0.2, -0.15) is 13.2 Å². The van der Waals surface area contributed by atoms with Gasteiger partial charge in [0, 0.05) is 31.8 Å². The SMILES string of the molecule is CC(=O)NCc1cnc(C2CCCN2C(=O)COc2ccc(F)cc2)cc1C(F)(F)F. The number of carbonyl (C=O) groups is 2. The number of alkyl halides is 3. The average molecular weight is 439 g/mol. The fourth-order valence-corrected chi connectivity index (χ4v) is 3.44. The third-order valence-corrected chi connectivity index (χ3v) is 4.93. The van der Waals surface area contributed by atoms with Crippen molar-refractivity contribution in [2.75, 3.05) is 13.2 Å². The molecule has 1 unspecified atom stereocenters. The number of hydrogen-bond acceptors (Lipinski definition) is 4. The van der Waals surface area contributed by atoms with Gasteiger partial charge in [-0.3, -0.25) is 14.6 Å². The van der Waals surface area contributed by atoms with Gasteiger partial charge in [-0.15, -0.1) is 0 Å². The van der Waals surface area contributed by atoms with Crippen molar-refractivity contribution in [2.45, 2.75) is 38.5 Å². The second-order valence-electron chi connectivity index (χ2n) is 7.16. The van der Waals surface area contributed by atoms with E-state index in [-0.39, 0.29) is 24.4 Å². The number of aromatic nitrogens is 1. The molecule has 1 fully saturated rings. The lowest BCUT2D eigenvalue weighted by Crippen LogP contribution is -2.35. The zero-order valence-electron chi connectivity index (χ0n) is 16.7. The van der Waals surface area contributed by atoms with Crippen LogP contribution in [0.1, 0.15) is 42.6 Å². The van der Waals surface area contributed by atoms with Crippen LogP contribution in [-0.4, -0.2) is 34.8 Å². The van der Waals surface area contributed by atoms with Crippen molar-refractivity contribution in [3.63, 3.8) is 0 Å². The summed E-state index contributed by atoms with van der Waals surface area (Å²) in [7, 11) is 0. The lowest BCUT2D eigenvalue weighted by molar-refractivity contribution is -0.138. The molecule has 1 aromatic heterocycles. The van der Waals surface area contributed by atoms with Crippen LogP contribution >= 0.6 is 0 Å². The van der Waals surface area contributed by atoms with E-state index in [9.17, 15) is 27.2 Å². The highest BCUT2D eigenvalue weighted by Crippen LogP contribution is 2.36. The van der Waals surface area contributed by atoms with Gasteiger partial charge < -0.3 is 15.0 Å². The Morgan fingerprint density at radius 3 is 2.61 bits per heavy atom. The molecule has 0 bridgehead atoms. The first-order valence-corrected chi connectivity index (χ1v) is 9.63. The maximum Gasteiger partial charge on any atom is 0.416 e. The number of benzene rings is 1. The summed E-state index contributed by atoms with van der Waals surface area (Å²) in [5, 5.41) is 2.34. The zero-order valence-corrected chi connectivity index (χ0v) is 16.7. The molecular weight excluding hydrogens is 418 g/mol. The molecule has 2 heterocycles. The first-order chi connectivity index (χ1) is 14.6. The minimum absolute atomic E-state index is 0.131. The molecule has 0 radical (unpaired) electrons. The van der Waals surface area contributed by atoms with Crippen molar-refractivity contribution in [3.8, 4) is 5.75 Å². The van der Waals surface area contributed by atoms with Gasteiger partial charge in [0.15, 0.2) is 6.61 Å². The molecule has 1 aromatic carbocycles. The third-order valence-electron chi connectivity index (χ3n) is 4.93. The molecule has 1 N–H and O–H groups in total. The number of ether oxygens (including phenoxy) is 1. The number of hydrogen-bond donors (Lipinski definition) is 1. The molecular formula is C21H21F4N3O3. The van der Waals surface area contributed by atoms with Gasteiger partial charge in [0.2, 0.25) is 5.91 Å². The fraction of sp³-hybridized carbons (Fsp3) is 0.381. The third kappa shape index (κ3) is 5.71. The molecule has 10 heteroatoms. The van der Waals surface area contributed by atoms with Gasteiger partial charge in [-0.05, 0) is 43.2 Å². The Bertz CT molecular complexity index is 948. The molecule has 31 heavy (non-hydrogen) atoms. The molecule has 1 atom stereocenters. The number of nitrogens with one attached hydrogen (secondary N) is 1. The van der Waals surface area contributed by atoms with Crippen LogP contribution in [0, 0.1) is 5.82 Å². The predicted octanol–water partition coefficient (Wildman–Crippen LogP) is 3.62. The molecule has 3 rings (SSSR count). The summed E-state index contributed by atoms with van der Waals surface area (Å²) in [4.78, 5) is 29.3. The normalized spacial score (nSPS) is 16.3. The second-order valence-corrected chi connectivity index (χ2v) is 7.16. The Labute approximate surface area is 176 Å². The molecule has 0 aliphatic carbocycles. The highest BCUT2D eigenvalue weighted by molar-refractivity contribution is 5.78. The van der Waals surface area contributed by atoms with Crippen molar-refractivity contribution >= 4 is 11.8 Å². The first-order valence-electron chi connectivity index (χ1n) is 9.63. The van der Waals surface area contributed by atoms with Crippen molar-refractivity contribution in [3.05, 3.63) is 59.2 Å². The number of carbonyl (C=O) groups excluding carboxylic acids is 2. The summed E-state index contributed by atoms with van der Waals surface area (Å²) in [5.41, 5.74) is -0.915. The Morgan fingerprint density at radius 1 is 1.26 bits per heavy atom. The largest absolute Gasteiger partial charge is 0.484 e. The molecule has 2 amide bonds. The van der Waals surface area contributed by atoms with Gasteiger partial charge in [-0.1, -0.05) is 0 Å². The predicted molar refractivity (Wildman–Crippen MR) is 102 cm³/mol. The van der Waals surface area contributed by atoms with Gasteiger partial charge in [-0.25, -0.2) is 4.39 Å². The van der Waals surface area contributed by atoms with Gasteiger partial charge in [0.1, 0.15) is 11.6 Å². The number of nitrogens with zero attached hydrogens (tertiary/aromatic N) is 2. The standard InChI is InChI=1S/C21H21F4N3O3/c1-13(29)26-10-14-11-27-18(9-17(14)21(23,24)25)19-3-2-8-28(19)20(30)12-31-16-6-4-15(22)5-7-16/h4-7,9,11,19H,2-3,8,10,12H2,1H3,(H,26,29). The van der Waals surface area contributed by atoms with E-state index in [1.54, 1.807) is 0 Å². The van der Waals surface area contributed by atoms with Crippen molar-refractivity contribution < 1.29 is 31.9 Å². The highest BCUT2D eigenvalue weighted by Gasteiger charge is 2.37. The van der Waals surface area contributed by atoms with Crippen LogP contribution in [0.25, 0.3) is 0 Å². The number of amides is 2. The summed E-state index contributed by atoms with van der Waals surface area (Å²) < 4.78 is 59.0. The lowest BCUT2D eigenvalue weighted by Gasteiger charge is -2.25. The molecule has 1 saturated heterocycles. The number of halogens is 4. The van der Waals surface area contributed by atoms with Crippen LogP contribution in [0.5, 0.6) is 5.75 Å². The van der Waals surface area contributed by atoms with Crippen LogP contribution < -0.4 is 10.1 Å². The Hall–Kier alpha value is -3.17. The lowest BCUT2D eigenvalue weighted by atomic mass is 10.0. The van der Waals surface area contributed by atoms with E-state index in [2.05, 4.69) is 10.3 Å². The van der Waals surface area contributed by atoms with E-state index in [4.69, 9.17) is 4.74 Å². The van der Waals surface area contributed by atoms with E-state index in [0.717, 1.165) is 12.3 Å². The van der Waals surface area contributed by atoms with Crippen LogP contribution in [0.15, 0.2) is 36.5 Å². The van der Waals surface area contributed by atoms with Crippen LogP contribution in [-0.2, 0) is 22.3 Å². The molecule has 166 valence electrons. The summed E-state index contributed by atoms with van der Waals surface area (Å²) >= 11 is 0. The van der Waals surface area contributed by atoms with E-state index in [1.165, 1.54) is 36.1 Å². The Morgan fingerprint density at radius 2 is 1.97 bits per heavy atom. The summed E-state index contributed by atoms with van der Waals surface area (Å²) in [6.07, 6.45) is -2.46. The van der Waals surface area contributed by atoms with Gasteiger partial charge >= 0.3 is 6.18 Å². The molecule has 0 saturated carbocycles. The van der Waals surface area contributed by atoms with E-state index in [0.29, 0.717) is 25.1 Å². The monoisotopic (exact) mass is 439 g/mol. The molecule has 6 nitrogen and oxygen atoms in total. The Balaban J connectivity index is 1.76. The summed E-state index contributed by atoms with van der Waals surface area (Å²) in [6, 6.07) is 5.49. The summed E-state index contributed by atoms with van der Waals surface area (Å²) in [6.45, 7) is 0.962. The molecule has 1 aliphatic rings. The number of pyridine rings is 1. The first kappa shape index (κ1) is 22.5. The smallest absolute Gasteiger partial charge is 0.416 e. The molecule has 1 aliphatic heterocycles. The van der Waals surface area contributed by atoms with Crippen molar-refractivity contribution in [1.82, 2.24) is 15.2 Å².